The molecule has 27 heavy (non-hydrogen) atoms. The van der Waals surface area contributed by atoms with Gasteiger partial charge in [-0.05, 0) is 37.1 Å². The predicted octanol–water partition coefficient (Wildman–Crippen LogP) is 3.74. The number of aromatic nitrogens is 4. The summed E-state index contributed by atoms with van der Waals surface area (Å²) in [6.45, 7) is 0. The second-order valence-corrected chi connectivity index (χ2v) is 6.53. The zero-order valence-electron chi connectivity index (χ0n) is 14.4. The van der Waals surface area contributed by atoms with Gasteiger partial charge in [-0.3, -0.25) is 9.89 Å². The number of halogens is 1. The summed E-state index contributed by atoms with van der Waals surface area (Å²) in [5.74, 6) is 2.05. The molecule has 1 aliphatic carbocycles. The number of nitrogens with zero attached hydrogens (tertiary/aromatic N) is 3. The first-order valence-electron chi connectivity index (χ1n) is 8.58. The standard InChI is InChI=1S/C18H18ClN7O/c19-10-17(27)21-12-2-1-3-13(8-12)22-18-20-7-6-15(24-18)23-16-9-14(25-26-16)11-4-5-11/h1-3,6-9,11H,4-5,10H2,(H,21,27)(H3,20,22,23,24,25,26). The minimum Gasteiger partial charge on any atom is -0.325 e. The van der Waals surface area contributed by atoms with Crippen LogP contribution in [0.25, 0.3) is 0 Å². The van der Waals surface area contributed by atoms with E-state index in [1.54, 1.807) is 24.4 Å². The van der Waals surface area contributed by atoms with Crippen LogP contribution in [0, 0.1) is 0 Å². The molecule has 3 aromatic rings. The summed E-state index contributed by atoms with van der Waals surface area (Å²) in [5, 5.41) is 16.3. The average Bonchev–Trinajstić information content (AvgIpc) is 3.42. The lowest BCUT2D eigenvalue weighted by Crippen LogP contribution is -2.12. The van der Waals surface area contributed by atoms with Crippen LogP contribution in [-0.4, -0.2) is 32.0 Å². The first-order valence-corrected chi connectivity index (χ1v) is 9.11. The van der Waals surface area contributed by atoms with Crippen LogP contribution in [0.4, 0.5) is 29.0 Å². The molecule has 138 valence electrons. The molecule has 0 spiro atoms. The van der Waals surface area contributed by atoms with E-state index in [2.05, 4.69) is 36.1 Å². The third-order valence-corrected chi connectivity index (χ3v) is 4.29. The minimum absolute atomic E-state index is 0.0931. The molecule has 4 N–H and O–H groups in total. The van der Waals surface area contributed by atoms with E-state index in [9.17, 15) is 4.79 Å². The Balaban J connectivity index is 1.44. The topological polar surface area (TPSA) is 108 Å². The maximum atomic E-state index is 11.4. The normalized spacial score (nSPS) is 13.2. The zero-order chi connectivity index (χ0) is 18.6. The van der Waals surface area contributed by atoms with Crippen LogP contribution in [0.1, 0.15) is 24.5 Å². The summed E-state index contributed by atoms with van der Waals surface area (Å²) in [6.07, 6.45) is 4.09. The van der Waals surface area contributed by atoms with E-state index in [0.717, 1.165) is 17.2 Å². The van der Waals surface area contributed by atoms with Gasteiger partial charge in [0, 0.05) is 35.2 Å². The van der Waals surface area contributed by atoms with Gasteiger partial charge >= 0.3 is 0 Å². The molecule has 8 nitrogen and oxygen atoms in total. The molecule has 0 aliphatic heterocycles. The summed E-state index contributed by atoms with van der Waals surface area (Å²) in [4.78, 5) is 20.1. The molecule has 2 heterocycles. The third-order valence-electron chi connectivity index (χ3n) is 4.05. The fraction of sp³-hybridized carbons (Fsp3) is 0.222. The SMILES string of the molecule is O=C(CCl)Nc1cccc(Nc2nccc(Nc3cc(C4CC4)[nH]n3)n2)c1. The molecule has 0 unspecified atom stereocenters. The first kappa shape index (κ1) is 17.3. The Morgan fingerprint density at radius 3 is 2.81 bits per heavy atom. The summed E-state index contributed by atoms with van der Waals surface area (Å²) < 4.78 is 0. The number of rotatable bonds is 7. The van der Waals surface area contributed by atoms with E-state index >= 15 is 0 Å². The van der Waals surface area contributed by atoms with Crippen molar-refractivity contribution in [3.8, 4) is 0 Å². The smallest absolute Gasteiger partial charge is 0.239 e. The number of hydrogen-bond acceptors (Lipinski definition) is 6. The molecule has 1 fully saturated rings. The van der Waals surface area contributed by atoms with Gasteiger partial charge in [0.15, 0.2) is 5.82 Å². The minimum atomic E-state index is -0.263. The van der Waals surface area contributed by atoms with Crippen molar-refractivity contribution in [1.82, 2.24) is 20.2 Å². The number of carbonyl (C=O) groups is 1. The van der Waals surface area contributed by atoms with Crippen LogP contribution in [0.2, 0.25) is 0 Å². The molecule has 0 atom stereocenters. The molecule has 0 saturated heterocycles. The van der Waals surface area contributed by atoms with Crippen LogP contribution >= 0.6 is 11.6 Å². The fourth-order valence-corrected chi connectivity index (χ4v) is 2.69. The molecule has 1 saturated carbocycles. The summed E-state index contributed by atoms with van der Waals surface area (Å²) in [6, 6.07) is 11.0. The number of aromatic amines is 1. The van der Waals surface area contributed by atoms with Gasteiger partial charge in [0.1, 0.15) is 11.7 Å². The Kier molecular flexibility index (Phi) is 4.88. The third kappa shape index (κ3) is 4.53. The van der Waals surface area contributed by atoms with Crippen molar-refractivity contribution in [2.45, 2.75) is 18.8 Å². The van der Waals surface area contributed by atoms with E-state index in [1.807, 2.05) is 18.2 Å². The highest BCUT2D eigenvalue weighted by molar-refractivity contribution is 6.29. The molecule has 0 radical (unpaired) electrons. The largest absolute Gasteiger partial charge is 0.325 e. The van der Waals surface area contributed by atoms with E-state index in [0.29, 0.717) is 23.4 Å². The van der Waals surface area contributed by atoms with Gasteiger partial charge in [0.2, 0.25) is 11.9 Å². The fourth-order valence-electron chi connectivity index (χ4n) is 2.62. The number of hydrogen-bond donors (Lipinski definition) is 4. The lowest BCUT2D eigenvalue weighted by atomic mass is 10.2. The predicted molar refractivity (Wildman–Crippen MR) is 105 cm³/mol. The number of nitrogens with one attached hydrogen (secondary N) is 4. The van der Waals surface area contributed by atoms with Crippen molar-refractivity contribution in [1.29, 1.82) is 0 Å². The number of alkyl halides is 1. The lowest BCUT2D eigenvalue weighted by molar-refractivity contribution is -0.113. The van der Waals surface area contributed by atoms with Crippen LogP contribution in [-0.2, 0) is 4.79 Å². The molecule has 4 rings (SSSR count). The average molecular weight is 384 g/mol. The Morgan fingerprint density at radius 1 is 1.15 bits per heavy atom. The van der Waals surface area contributed by atoms with Crippen molar-refractivity contribution in [3.63, 3.8) is 0 Å². The van der Waals surface area contributed by atoms with Gasteiger partial charge in [-0.2, -0.15) is 10.1 Å². The Bertz CT molecular complexity index is 954. The molecule has 2 aromatic heterocycles. The van der Waals surface area contributed by atoms with Crippen molar-refractivity contribution >= 4 is 46.5 Å². The van der Waals surface area contributed by atoms with E-state index in [4.69, 9.17) is 11.6 Å². The molecule has 0 bridgehead atoms. The van der Waals surface area contributed by atoms with Crippen molar-refractivity contribution in [2.24, 2.45) is 0 Å². The maximum Gasteiger partial charge on any atom is 0.239 e. The molecule has 1 aliphatic rings. The second kappa shape index (κ2) is 7.63. The van der Waals surface area contributed by atoms with Crippen LogP contribution in [0.5, 0.6) is 0 Å². The highest BCUT2D eigenvalue weighted by Crippen LogP contribution is 2.39. The quantitative estimate of drug-likeness (QED) is 0.463. The van der Waals surface area contributed by atoms with Gasteiger partial charge in [0.05, 0.1) is 0 Å². The monoisotopic (exact) mass is 383 g/mol. The number of amides is 1. The Labute approximate surface area is 160 Å². The first-order chi connectivity index (χ1) is 13.2. The zero-order valence-corrected chi connectivity index (χ0v) is 15.1. The molecular formula is C18H18ClN7O. The van der Waals surface area contributed by atoms with Gasteiger partial charge in [-0.25, -0.2) is 4.98 Å². The van der Waals surface area contributed by atoms with Crippen molar-refractivity contribution < 1.29 is 4.79 Å². The van der Waals surface area contributed by atoms with Crippen LogP contribution in [0.15, 0.2) is 42.6 Å². The number of benzene rings is 1. The molecule has 9 heteroatoms. The van der Waals surface area contributed by atoms with E-state index in [1.165, 1.54) is 12.8 Å². The van der Waals surface area contributed by atoms with E-state index in [-0.39, 0.29) is 11.8 Å². The Hall–Kier alpha value is -3.13. The highest BCUT2D eigenvalue weighted by Gasteiger charge is 2.25. The van der Waals surface area contributed by atoms with Crippen molar-refractivity contribution in [2.75, 3.05) is 21.8 Å². The van der Waals surface area contributed by atoms with Crippen LogP contribution in [0.3, 0.4) is 0 Å². The molecule has 1 amide bonds. The second-order valence-electron chi connectivity index (χ2n) is 6.26. The van der Waals surface area contributed by atoms with E-state index < -0.39 is 0 Å². The lowest BCUT2D eigenvalue weighted by Gasteiger charge is -2.09. The van der Waals surface area contributed by atoms with Crippen molar-refractivity contribution in [3.05, 3.63) is 48.3 Å². The summed E-state index contributed by atoms with van der Waals surface area (Å²) >= 11 is 5.52. The number of H-pyrrole nitrogens is 1. The molecular weight excluding hydrogens is 366 g/mol. The maximum absolute atomic E-state index is 11.4. The molecule has 1 aromatic carbocycles. The number of carbonyl (C=O) groups excluding carboxylic acids is 1. The van der Waals surface area contributed by atoms with Gasteiger partial charge in [-0.15, -0.1) is 11.6 Å². The van der Waals surface area contributed by atoms with Gasteiger partial charge in [0.25, 0.3) is 0 Å². The van der Waals surface area contributed by atoms with Gasteiger partial charge in [-0.1, -0.05) is 6.07 Å². The van der Waals surface area contributed by atoms with Crippen LogP contribution < -0.4 is 16.0 Å². The number of anilines is 5. The summed E-state index contributed by atoms with van der Waals surface area (Å²) in [5.41, 5.74) is 2.54. The highest BCUT2D eigenvalue weighted by atomic mass is 35.5. The Morgan fingerprint density at radius 2 is 2.00 bits per heavy atom. The summed E-state index contributed by atoms with van der Waals surface area (Å²) in [7, 11) is 0. The van der Waals surface area contributed by atoms with Gasteiger partial charge < -0.3 is 16.0 Å².